The Hall–Kier alpha value is -2.41. The number of methoxy groups -OCH3 is 1. The maximum absolute atomic E-state index is 13.1. The second-order valence-electron chi connectivity index (χ2n) is 7.39. The summed E-state index contributed by atoms with van der Waals surface area (Å²) in [6, 6.07) is 4.20. The second kappa shape index (κ2) is 8.31. The molecule has 1 rings (SSSR count). The summed E-state index contributed by atoms with van der Waals surface area (Å²) in [6.45, 7) is 7.44. The van der Waals surface area contributed by atoms with Gasteiger partial charge in [-0.3, -0.25) is 0 Å². The quantitative estimate of drug-likeness (QED) is 0.680. The van der Waals surface area contributed by atoms with Crippen LogP contribution in [0.4, 0.5) is 18.9 Å². The number of allylic oxidation sites excluding steroid dienone is 1. The summed E-state index contributed by atoms with van der Waals surface area (Å²) in [6.07, 6.45) is -3.78. The van der Waals surface area contributed by atoms with E-state index in [1.807, 2.05) is 20.8 Å². The highest BCUT2D eigenvalue weighted by Gasteiger charge is 2.32. The number of anilines is 1. The third-order valence-corrected chi connectivity index (χ3v) is 5.14. The highest BCUT2D eigenvalue weighted by atomic mass is 32.2. The Morgan fingerprint density at radius 1 is 1.21 bits per heavy atom. The van der Waals surface area contributed by atoms with E-state index in [2.05, 4.69) is 10.6 Å². The first-order valence-electron chi connectivity index (χ1n) is 8.24. The molecular formula is C18H24F3N3O3S. The zero-order valence-electron chi connectivity index (χ0n) is 16.5. The normalized spacial score (nSPS) is 14.6. The molecule has 6 nitrogen and oxygen atoms in total. The fraction of sp³-hybridized carbons (Fsp3) is 0.500. The van der Waals surface area contributed by atoms with Crippen LogP contribution in [0.15, 0.2) is 28.9 Å². The van der Waals surface area contributed by atoms with Gasteiger partial charge >= 0.3 is 6.18 Å². The van der Waals surface area contributed by atoms with Crippen molar-refractivity contribution in [3.63, 3.8) is 0 Å². The van der Waals surface area contributed by atoms with E-state index in [0.717, 1.165) is 18.4 Å². The lowest BCUT2D eigenvalue weighted by atomic mass is 9.88. The largest absolute Gasteiger partial charge is 0.497 e. The maximum atomic E-state index is 13.1. The average molecular weight is 419 g/mol. The lowest BCUT2D eigenvalue weighted by molar-refractivity contribution is -0.137. The van der Waals surface area contributed by atoms with Gasteiger partial charge in [0.2, 0.25) is 0 Å². The number of hydrogen-bond acceptors (Lipinski definition) is 6. The SMILES string of the molecule is COc1cc(N/C(NC(C)C(C)(C)C)=C(/C#N)S(C)(=O)=O)cc(C(F)(F)F)c1. The third-order valence-electron chi connectivity index (χ3n) is 4.10. The molecule has 0 aliphatic carbocycles. The van der Waals surface area contributed by atoms with Crippen molar-refractivity contribution < 1.29 is 26.3 Å². The van der Waals surface area contributed by atoms with Crippen LogP contribution in [0.5, 0.6) is 5.75 Å². The number of hydrogen-bond donors (Lipinski definition) is 2. The summed E-state index contributed by atoms with van der Waals surface area (Å²) in [5, 5.41) is 14.9. The highest BCUT2D eigenvalue weighted by Crippen LogP contribution is 2.34. The predicted molar refractivity (Wildman–Crippen MR) is 101 cm³/mol. The molecule has 156 valence electrons. The summed E-state index contributed by atoms with van der Waals surface area (Å²) in [4.78, 5) is -0.611. The van der Waals surface area contributed by atoms with Crippen molar-refractivity contribution in [2.45, 2.75) is 39.9 Å². The fourth-order valence-electron chi connectivity index (χ4n) is 2.01. The van der Waals surface area contributed by atoms with E-state index < -0.39 is 26.5 Å². The molecule has 0 aliphatic heterocycles. The van der Waals surface area contributed by atoms with Gasteiger partial charge in [0.15, 0.2) is 14.7 Å². The Balaban J connectivity index is 3.55. The van der Waals surface area contributed by atoms with Gasteiger partial charge in [0, 0.05) is 24.1 Å². The van der Waals surface area contributed by atoms with Crippen molar-refractivity contribution in [3.8, 4) is 11.8 Å². The standard InChI is InChI=1S/C18H24F3N3O3S/c1-11(17(2,3)4)23-16(15(10-22)28(6,25)26)24-13-7-12(18(19,20)21)8-14(9-13)27-5/h7-9,11,23-24H,1-6H3/b16-15-. The van der Waals surface area contributed by atoms with Gasteiger partial charge in [0.1, 0.15) is 17.6 Å². The number of nitrogens with one attached hydrogen (secondary N) is 2. The monoisotopic (exact) mass is 419 g/mol. The van der Waals surface area contributed by atoms with Crippen molar-refractivity contribution in [1.29, 1.82) is 5.26 Å². The van der Waals surface area contributed by atoms with Crippen molar-refractivity contribution in [2.24, 2.45) is 5.41 Å². The van der Waals surface area contributed by atoms with Crippen LogP contribution in [0.3, 0.4) is 0 Å². The molecule has 0 saturated carbocycles. The van der Waals surface area contributed by atoms with Gasteiger partial charge in [-0.25, -0.2) is 8.42 Å². The lowest BCUT2D eigenvalue weighted by Crippen LogP contribution is -2.40. The summed E-state index contributed by atoms with van der Waals surface area (Å²) in [5.74, 6) is -0.271. The summed E-state index contributed by atoms with van der Waals surface area (Å²) < 4.78 is 68.3. The number of nitriles is 1. The molecule has 0 amide bonds. The zero-order valence-corrected chi connectivity index (χ0v) is 17.3. The van der Waals surface area contributed by atoms with Gasteiger partial charge in [0.05, 0.1) is 12.7 Å². The van der Waals surface area contributed by atoms with Crippen LogP contribution in [0.25, 0.3) is 0 Å². The topological polar surface area (TPSA) is 91.2 Å². The fourth-order valence-corrected chi connectivity index (χ4v) is 2.66. The van der Waals surface area contributed by atoms with E-state index in [1.54, 1.807) is 13.0 Å². The molecule has 0 saturated heterocycles. The van der Waals surface area contributed by atoms with Gasteiger partial charge in [-0.05, 0) is 24.5 Å². The Kier molecular flexibility index (Phi) is 7.01. The minimum atomic E-state index is -4.63. The van der Waals surface area contributed by atoms with Crippen molar-refractivity contribution in [1.82, 2.24) is 5.32 Å². The number of nitrogens with zero attached hydrogens (tertiary/aromatic N) is 1. The molecule has 1 atom stereocenters. The number of ether oxygens (including phenoxy) is 1. The zero-order chi connectivity index (χ0) is 21.9. The summed E-state index contributed by atoms with van der Waals surface area (Å²) >= 11 is 0. The molecule has 0 radical (unpaired) electrons. The van der Waals surface area contributed by atoms with Gasteiger partial charge in [-0.2, -0.15) is 18.4 Å². The number of sulfone groups is 1. The first kappa shape index (κ1) is 23.6. The van der Waals surface area contributed by atoms with Gasteiger partial charge in [0.25, 0.3) is 0 Å². The Morgan fingerprint density at radius 2 is 1.79 bits per heavy atom. The van der Waals surface area contributed by atoms with Crippen LogP contribution >= 0.6 is 0 Å². The van der Waals surface area contributed by atoms with Crippen molar-refractivity contribution in [2.75, 3.05) is 18.7 Å². The number of rotatable bonds is 6. The minimum Gasteiger partial charge on any atom is -0.497 e. The molecule has 1 unspecified atom stereocenters. The van der Waals surface area contributed by atoms with Crippen LogP contribution in [0, 0.1) is 16.7 Å². The molecular weight excluding hydrogens is 395 g/mol. The lowest BCUT2D eigenvalue weighted by Gasteiger charge is -2.30. The predicted octanol–water partition coefficient (Wildman–Crippen LogP) is 3.89. The number of alkyl halides is 3. The Bertz CT molecular complexity index is 895. The first-order valence-corrected chi connectivity index (χ1v) is 10.1. The molecule has 2 N–H and O–H groups in total. The van der Waals surface area contributed by atoms with Gasteiger partial charge < -0.3 is 15.4 Å². The minimum absolute atomic E-state index is 0.0709. The third kappa shape index (κ3) is 6.34. The van der Waals surface area contributed by atoms with E-state index in [-0.39, 0.29) is 28.7 Å². The smallest absolute Gasteiger partial charge is 0.416 e. The molecule has 0 aliphatic rings. The molecule has 0 aromatic heterocycles. The molecule has 1 aromatic carbocycles. The van der Waals surface area contributed by atoms with Crippen molar-refractivity contribution in [3.05, 3.63) is 34.5 Å². The van der Waals surface area contributed by atoms with E-state index >= 15 is 0 Å². The van der Waals surface area contributed by atoms with Crippen LogP contribution in [-0.4, -0.2) is 27.8 Å². The Labute approximate surface area is 163 Å². The highest BCUT2D eigenvalue weighted by molar-refractivity contribution is 7.94. The molecule has 0 spiro atoms. The van der Waals surface area contributed by atoms with Crippen LogP contribution in [0.2, 0.25) is 0 Å². The molecule has 0 fully saturated rings. The van der Waals surface area contributed by atoms with E-state index in [1.165, 1.54) is 13.2 Å². The molecule has 28 heavy (non-hydrogen) atoms. The van der Waals surface area contributed by atoms with Crippen LogP contribution < -0.4 is 15.4 Å². The maximum Gasteiger partial charge on any atom is 0.416 e. The average Bonchev–Trinajstić information content (AvgIpc) is 2.51. The Morgan fingerprint density at radius 3 is 2.18 bits per heavy atom. The second-order valence-corrected chi connectivity index (χ2v) is 9.35. The molecule has 0 heterocycles. The van der Waals surface area contributed by atoms with Gasteiger partial charge in [-0.15, -0.1) is 0 Å². The van der Waals surface area contributed by atoms with Gasteiger partial charge in [-0.1, -0.05) is 20.8 Å². The summed E-state index contributed by atoms with van der Waals surface area (Å²) in [5.41, 5.74) is -1.38. The number of benzene rings is 1. The summed E-state index contributed by atoms with van der Waals surface area (Å²) in [7, 11) is -2.72. The van der Waals surface area contributed by atoms with Crippen LogP contribution in [-0.2, 0) is 16.0 Å². The molecule has 10 heteroatoms. The van der Waals surface area contributed by atoms with Crippen LogP contribution in [0.1, 0.15) is 33.3 Å². The van der Waals surface area contributed by atoms with E-state index in [4.69, 9.17) is 4.74 Å². The van der Waals surface area contributed by atoms with E-state index in [9.17, 15) is 26.9 Å². The molecule has 1 aromatic rings. The molecule has 0 bridgehead atoms. The van der Waals surface area contributed by atoms with Crippen molar-refractivity contribution >= 4 is 15.5 Å². The van der Waals surface area contributed by atoms with E-state index in [0.29, 0.717) is 0 Å². The first-order chi connectivity index (χ1) is 12.6. The number of halogens is 3.